The molecule has 1 aliphatic rings. The zero-order chi connectivity index (χ0) is 20.7. The first kappa shape index (κ1) is 21.1. The number of aliphatic carboxylic acids is 1. The van der Waals surface area contributed by atoms with Gasteiger partial charge in [0.2, 0.25) is 10.0 Å². The number of morpholine rings is 1. The summed E-state index contributed by atoms with van der Waals surface area (Å²) in [6.45, 7) is 2.11. The van der Waals surface area contributed by atoms with Crippen LogP contribution < -0.4 is 9.47 Å². The van der Waals surface area contributed by atoms with Gasteiger partial charge in [-0.25, -0.2) is 8.42 Å². The number of carboxylic acids is 1. The van der Waals surface area contributed by atoms with E-state index in [1.165, 1.54) is 16.4 Å². The second-order valence-corrected chi connectivity index (χ2v) is 8.34. The van der Waals surface area contributed by atoms with Gasteiger partial charge in [-0.05, 0) is 42.0 Å². The number of carbonyl (C=O) groups is 1. The van der Waals surface area contributed by atoms with E-state index in [2.05, 4.69) is 0 Å². The largest absolute Gasteiger partial charge is 0.490 e. The first-order valence-electron chi connectivity index (χ1n) is 9.19. The highest BCUT2D eigenvalue weighted by molar-refractivity contribution is 7.89. The Morgan fingerprint density at radius 3 is 1.97 bits per heavy atom. The molecule has 9 heteroatoms. The van der Waals surface area contributed by atoms with Crippen LogP contribution in [-0.4, -0.2) is 63.3 Å². The summed E-state index contributed by atoms with van der Waals surface area (Å²) >= 11 is 0. The number of nitrogens with zero attached hydrogens (tertiary/aromatic N) is 1. The van der Waals surface area contributed by atoms with Crippen molar-refractivity contribution in [2.45, 2.75) is 11.3 Å². The first-order chi connectivity index (χ1) is 13.9. The van der Waals surface area contributed by atoms with Gasteiger partial charge in [0, 0.05) is 13.1 Å². The highest BCUT2D eigenvalue weighted by atomic mass is 32.2. The molecule has 3 rings (SSSR count). The average Bonchev–Trinajstić information content (AvgIpc) is 2.73. The molecule has 0 radical (unpaired) electrons. The molecule has 0 saturated carbocycles. The van der Waals surface area contributed by atoms with Gasteiger partial charge in [-0.15, -0.1) is 0 Å². The van der Waals surface area contributed by atoms with Gasteiger partial charge in [0.1, 0.15) is 24.7 Å². The molecule has 0 spiro atoms. The van der Waals surface area contributed by atoms with E-state index >= 15 is 0 Å². The van der Waals surface area contributed by atoms with Crippen molar-refractivity contribution in [3.63, 3.8) is 0 Å². The Morgan fingerprint density at radius 2 is 1.45 bits per heavy atom. The molecule has 1 heterocycles. The fourth-order valence-corrected chi connectivity index (χ4v) is 4.25. The normalized spacial score (nSPS) is 15.0. The minimum absolute atomic E-state index is 0.0271. The lowest BCUT2D eigenvalue weighted by molar-refractivity contribution is -0.136. The molecule has 1 aliphatic heterocycles. The summed E-state index contributed by atoms with van der Waals surface area (Å²) in [6.07, 6.45) is -0.0271. The zero-order valence-corrected chi connectivity index (χ0v) is 16.6. The van der Waals surface area contributed by atoms with Crippen molar-refractivity contribution in [3.8, 4) is 11.5 Å². The van der Waals surface area contributed by atoms with Crippen molar-refractivity contribution in [2.24, 2.45) is 0 Å². The highest BCUT2D eigenvalue weighted by Crippen LogP contribution is 2.20. The van der Waals surface area contributed by atoms with Gasteiger partial charge in [-0.2, -0.15) is 4.31 Å². The van der Waals surface area contributed by atoms with E-state index < -0.39 is 16.0 Å². The molecule has 1 fully saturated rings. The molecule has 2 aromatic carbocycles. The molecule has 0 aliphatic carbocycles. The van der Waals surface area contributed by atoms with Crippen LogP contribution in [0, 0.1) is 0 Å². The molecule has 29 heavy (non-hydrogen) atoms. The lowest BCUT2D eigenvalue weighted by atomic mass is 10.1. The smallest absolute Gasteiger partial charge is 0.307 e. The second-order valence-electron chi connectivity index (χ2n) is 6.40. The van der Waals surface area contributed by atoms with Crippen LogP contribution in [0.1, 0.15) is 5.56 Å². The van der Waals surface area contributed by atoms with Gasteiger partial charge in [0.25, 0.3) is 0 Å². The van der Waals surface area contributed by atoms with Crippen LogP contribution in [0.3, 0.4) is 0 Å². The summed E-state index contributed by atoms with van der Waals surface area (Å²) in [5.41, 5.74) is 0.702. The molecular weight excluding hydrogens is 398 g/mol. The summed E-state index contributed by atoms with van der Waals surface area (Å²) in [4.78, 5) is 10.9. The number of hydrogen-bond acceptors (Lipinski definition) is 6. The predicted molar refractivity (Wildman–Crippen MR) is 105 cm³/mol. The Labute approximate surface area is 169 Å². The minimum Gasteiger partial charge on any atom is -0.490 e. The molecule has 1 N–H and O–H groups in total. The SMILES string of the molecule is O=C(O)Cc1ccc(OCCOc2ccc(S(=O)(=O)N3CCOCC3)cc2)cc1. The van der Waals surface area contributed by atoms with Crippen molar-refractivity contribution in [1.82, 2.24) is 4.31 Å². The van der Waals surface area contributed by atoms with E-state index in [1.807, 2.05) is 0 Å². The quantitative estimate of drug-likeness (QED) is 0.616. The van der Waals surface area contributed by atoms with Gasteiger partial charge < -0.3 is 19.3 Å². The maximum absolute atomic E-state index is 12.6. The third-order valence-corrected chi connectivity index (χ3v) is 6.24. The maximum atomic E-state index is 12.6. The fourth-order valence-electron chi connectivity index (χ4n) is 2.84. The number of carboxylic acid groups (broad SMARTS) is 1. The lowest BCUT2D eigenvalue weighted by Gasteiger charge is -2.26. The number of ether oxygens (including phenoxy) is 3. The number of benzene rings is 2. The molecular formula is C20H23NO7S. The molecule has 0 atom stereocenters. The molecule has 2 aromatic rings. The Kier molecular flexibility index (Phi) is 7.08. The molecule has 156 valence electrons. The molecule has 0 amide bonds. The van der Waals surface area contributed by atoms with Crippen molar-refractivity contribution in [3.05, 3.63) is 54.1 Å². The Hall–Kier alpha value is -2.62. The van der Waals surface area contributed by atoms with Crippen LogP contribution in [0.15, 0.2) is 53.4 Å². The summed E-state index contributed by atoms with van der Waals surface area (Å²) in [5, 5.41) is 8.76. The van der Waals surface area contributed by atoms with E-state index in [1.54, 1.807) is 36.4 Å². The standard InChI is InChI=1S/C20H23NO7S/c22-20(23)15-16-1-3-17(4-2-16)27-13-14-28-18-5-7-19(8-6-18)29(24,25)21-9-11-26-12-10-21/h1-8H,9-15H2,(H,22,23). The van der Waals surface area contributed by atoms with E-state index in [0.717, 1.165) is 0 Å². The minimum atomic E-state index is -3.51. The lowest BCUT2D eigenvalue weighted by Crippen LogP contribution is -2.40. The van der Waals surface area contributed by atoms with Crippen molar-refractivity contribution in [2.75, 3.05) is 39.5 Å². The van der Waals surface area contributed by atoms with Crippen LogP contribution in [0.4, 0.5) is 0 Å². The van der Waals surface area contributed by atoms with Gasteiger partial charge in [0.15, 0.2) is 0 Å². The summed E-state index contributed by atoms with van der Waals surface area (Å²) in [5.74, 6) is 0.289. The Bertz CT molecular complexity index is 905. The van der Waals surface area contributed by atoms with Gasteiger partial charge in [-0.1, -0.05) is 12.1 Å². The molecule has 1 saturated heterocycles. The molecule has 8 nitrogen and oxygen atoms in total. The fraction of sp³-hybridized carbons (Fsp3) is 0.350. The van der Waals surface area contributed by atoms with Crippen LogP contribution in [0.25, 0.3) is 0 Å². The second kappa shape index (κ2) is 9.73. The van der Waals surface area contributed by atoms with Crippen molar-refractivity contribution >= 4 is 16.0 Å². The van der Waals surface area contributed by atoms with Crippen LogP contribution in [-0.2, 0) is 26.0 Å². The summed E-state index contributed by atoms with van der Waals surface area (Å²) < 4.78 is 42.9. The van der Waals surface area contributed by atoms with Gasteiger partial charge in [0.05, 0.1) is 24.5 Å². The van der Waals surface area contributed by atoms with Crippen LogP contribution in [0.2, 0.25) is 0 Å². The van der Waals surface area contributed by atoms with Gasteiger partial charge in [-0.3, -0.25) is 4.79 Å². The number of rotatable bonds is 9. The summed E-state index contributed by atoms with van der Waals surface area (Å²) in [7, 11) is -3.51. The first-order valence-corrected chi connectivity index (χ1v) is 10.6. The predicted octanol–water partition coefficient (Wildman–Crippen LogP) is 1.79. The summed E-state index contributed by atoms with van der Waals surface area (Å²) in [6, 6.07) is 13.1. The van der Waals surface area contributed by atoms with Crippen molar-refractivity contribution < 1.29 is 32.5 Å². The van der Waals surface area contributed by atoms with Gasteiger partial charge >= 0.3 is 5.97 Å². The van der Waals surface area contributed by atoms with E-state index in [9.17, 15) is 13.2 Å². The van der Waals surface area contributed by atoms with Crippen LogP contribution in [0.5, 0.6) is 11.5 Å². The van der Waals surface area contributed by atoms with E-state index in [-0.39, 0.29) is 17.9 Å². The monoisotopic (exact) mass is 421 g/mol. The number of hydrogen-bond donors (Lipinski definition) is 1. The maximum Gasteiger partial charge on any atom is 0.307 e. The Morgan fingerprint density at radius 1 is 0.931 bits per heavy atom. The third kappa shape index (κ3) is 5.93. The molecule has 0 aromatic heterocycles. The van der Waals surface area contributed by atoms with E-state index in [0.29, 0.717) is 50.0 Å². The van der Waals surface area contributed by atoms with Crippen LogP contribution >= 0.6 is 0 Å². The molecule has 0 unspecified atom stereocenters. The highest BCUT2D eigenvalue weighted by Gasteiger charge is 2.26. The average molecular weight is 421 g/mol. The number of sulfonamides is 1. The van der Waals surface area contributed by atoms with Crippen molar-refractivity contribution in [1.29, 1.82) is 0 Å². The molecule has 0 bridgehead atoms. The third-order valence-electron chi connectivity index (χ3n) is 4.33. The Balaban J connectivity index is 1.46. The topological polar surface area (TPSA) is 102 Å². The zero-order valence-electron chi connectivity index (χ0n) is 15.8. The van der Waals surface area contributed by atoms with E-state index in [4.69, 9.17) is 19.3 Å².